The number of hydrogen-bond donors (Lipinski definition) is 1. The zero-order chi connectivity index (χ0) is 10.6. The minimum Gasteiger partial charge on any atom is -0.492 e. The van der Waals surface area contributed by atoms with Gasteiger partial charge in [-0.15, -0.1) is 0 Å². The van der Waals surface area contributed by atoms with Gasteiger partial charge in [-0.25, -0.2) is 0 Å². The maximum absolute atomic E-state index is 5.94. The van der Waals surface area contributed by atoms with Crippen LogP contribution in [-0.2, 0) is 0 Å². The number of nitrogen functional groups attached to an aromatic ring is 1. The number of nitrogens with two attached hydrogens (primary N) is 1. The average Bonchev–Trinajstić information content (AvgIpc) is 2.19. The molecule has 0 fully saturated rings. The molecule has 1 aromatic carbocycles. The Morgan fingerprint density at radius 1 is 1.50 bits per heavy atom. The monoisotopic (exact) mass is 213 g/mol. The number of halogens is 1. The Kier molecular flexibility index (Phi) is 4.08. The predicted molar refractivity (Wildman–Crippen MR) is 60.8 cm³/mol. The van der Waals surface area contributed by atoms with Crippen molar-refractivity contribution in [2.24, 2.45) is 5.92 Å². The summed E-state index contributed by atoms with van der Waals surface area (Å²) >= 11 is 5.94. The molecule has 0 aliphatic heterocycles. The fourth-order valence-electron chi connectivity index (χ4n) is 0.980. The van der Waals surface area contributed by atoms with Crippen LogP contribution in [0.5, 0.6) is 5.75 Å². The van der Waals surface area contributed by atoms with Crippen LogP contribution < -0.4 is 10.5 Å². The molecular weight excluding hydrogens is 198 g/mol. The largest absolute Gasteiger partial charge is 0.492 e. The molecule has 0 aliphatic carbocycles. The van der Waals surface area contributed by atoms with Gasteiger partial charge < -0.3 is 10.5 Å². The first-order valence-electron chi connectivity index (χ1n) is 4.81. The van der Waals surface area contributed by atoms with E-state index in [1.165, 1.54) is 0 Å². The van der Waals surface area contributed by atoms with Crippen LogP contribution in [0.1, 0.15) is 20.3 Å². The van der Waals surface area contributed by atoms with Crippen molar-refractivity contribution in [1.29, 1.82) is 0 Å². The van der Waals surface area contributed by atoms with Gasteiger partial charge in [0.1, 0.15) is 5.75 Å². The molecule has 1 unspecified atom stereocenters. The van der Waals surface area contributed by atoms with Crippen molar-refractivity contribution >= 4 is 17.3 Å². The van der Waals surface area contributed by atoms with Gasteiger partial charge in [-0.05, 0) is 18.1 Å². The normalized spacial score (nSPS) is 12.5. The fourth-order valence-corrected chi connectivity index (χ4v) is 1.15. The summed E-state index contributed by atoms with van der Waals surface area (Å²) in [6, 6.07) is 5.27. The van der Waals surface area contributed by atoms with Gasteiger partial charge in [0.25, 0.3) is 0 Å². The minimum atomic E-state index is 0.535. The predicted octanol–water partition coefficient (Wildman–Crippen LogP) is 3.35. The molecule has 14 heavy (non-hydrogen) atoms. The van der Waals surface area contributed by atoms with Crippen LogP contribution in [0.4, 0.5) is 5.69 Å². The van der Waals surface area contributed by atoms with Crippen LogP contribution in [0.3, 0.4) is 0 Å². The molecule has 0 saturated heterocycles. The molecule has 1 aromatic rings. The van der Waals surface area contributed by atoms with Gasteiger partial charge in [0, 0.05) is 11.8 Å². The molecule has 0 amide bonds. The van der Waals surface area contributed by atoms with E-state index < -0.39 is 0 Å². The van der Waals surface area contributed by atoms with Crippen LogP contribution in [0.15, 0.2) is 18.2 Å². The van der Waals surface area contributed by atoms with E-state index >= 15 is 0 Å². The Labute approximate surface area is 90.0 Å². The summed E-state index contributed by atoms with van der Waals surface area (Å²) in [5.41, 5.74) is 6.30. The topological polar surface area (TPSA) is 35.2 Å². The van der Waals surface area contributed by atoms with Crippen LogP contribution in [0, 0.1) is 5.92 Å². The Morgan fingerprint density at radius 2 is 2.21 bits per heavy atom. The van der Waals surface area contributed by atoms with Gasteiger partial charge in [-0.3, -0.25) is 0 Å². The van der Waals surface area contributed by atoms with Crippen molar-refractivity contribution in [1.82, 2.24) is 0 Å². The molecule has 0 radical (unpaired) electrons. The zero-order valence-electron chi connectivity index (χ0n) is 8.59. The summed E-state index contributed by atoms with van der Waals surface area (Å²) in [7, 11) is 0. The Bertz CT molecular complexity index is 301. The van der Waals surface area contributed by atoms with Crippen molar-refractivity contribution in [3.05, 3.63) is 23.2 Å². The molecule has 2 N–H and O–H groups in total. The third-order valence-corrected chi connectivity index (χ3v) is 2.49. The van der Waals surface area contributed by atoms with E-state index in [-0.39, 0.29) is 0 Å². The smallest absolute Gasteiger partial charge is 0.139 e. The van der Waals surface area contributed by atoms with Crippen molar-refractivity contribution in [2.45, 2.75) is 20.3 Å². The van der Waals surface area contributed by atoms with Crippen LogP contribution >= 0.6 is 11.6 Å². The summed E-state index contributed by atoms with van der Waals surface area (Å²) in [4.78, 5) is 0. The second-order valence-electron chi connectivity index (χ2n) is 3.51. The molecule has 0 spiro atoms. The lowest BCUT2D eigenvalue weighted by Gasteiger charge is -2.12. The Morgan fingerprint density at radius 3 is 2.86 bits per heavy atom. The van der Waals surface area contributed by atoms with Crippen LogP contribution in [-0.4, -0.2) is 6.61 Å². The van der Waals surface area contributed by atoms with Gasteiger partial charge in [-0.1, -0.05) is 31.9 Å². The molecule has 0 bridgehead atoms. The molecule has 0 saturated carbocycles. The number of anilines is 1. The van der Waals surface area contributed by atoms with E-state index in [2.05, 4.69) is 13.8 Å². The highest BCUT2D eigenvalue weighted by molar-refractivity contribution is 6.32. The Balaban J connectivity index is 2.62. The van der Waals surface area contributed by atoms with Gasteiger partial charge in [-0.2, -0.15) is 0 Å². The molecule has 0 aliphatic rings. The van der Waals surface area contributed by atoms with E-state index in [4.69, 9.17) is 22.1 Å². The quantitative estimate of drug-likeness (QED) is 0.779. The molecule has 2 nitrogen and oxygen atoms in total. The van der Waals surface area contributed by atoms with E-state index in [0.717, 1.165) is 6.42 Å². The minimum absolute atomic E-state index is 0.535. The molecule has 0 aromatic heterocycles. The summed E-state index contributed by atoms with van der Waals surface area (Å²) in [5, 5.41) is 0.613. The molecule has 78 valence electrons. The average molecular weight is 214 g/mol. The molecular formula is C11H16ClNO. The Hall–Kier alpha value is -0.890. The molecule has 3 heteroatoms. The molecule has 1 atom stereocenters. The van der Waals surface area contributed by atoms with Crippen LogP contribution in [0.25, 0.3) is 0 Å². The lowest BCUT2D eigenvalue weighted by molar-refractivity contribution is 0.257. The van der Waals surface area contributed by atoms with E-state index in [1.54, 1.807) is 18.2 Å². The van der Waals surface area contributed by atoms with Gasteiger partial charge in [0.05, 0.1) is 11.6 Å². The first kappa shape index (κ1) is 11.2. The SMILES string of the molecule is CCC(C)COc1cc(N)ccc1Cl. The highest BCUT2D eigenvalue weighted by Crippen LogP contribution is 2.26. The summed E-state index contributed by atoms with van der Waals surface area (Å²) in [5.74, 6) is 1.21. The van der Waals surface area contributed by atoms with Crippen molar-refractivity contribution in [3.8, 4) is 5.75 Å². The maximum Gasteiger partial charge on any atom is 0.139 e. The van der Waals surface area contributed by atoms with E-state index in [9.17, 15) is 0 Å². The summed E-state index contributed by atoms with van der Waals surface area (Å²) in [6.45, 7) is 4.95. The van der Waals surface area contributed by atoms with Gasteiger partial charge in [0.2, 0.25) is 0 Å². The third-order valence-electron chi connectivity index (χ3n) is 2.18. The first-order valence-corrected chi connectivity index (χ1v) is 5.19. The highest BCUT2D eigenvalue weighted by atomic mass is 35.5. The maximum atomic E-state index is 5.94. The van der Waals surface area contributed by atoms with Crippen LogP contribution in [0.2, 0.25) is 5.02 Å². The number of benzene rings is 1. The van der Waals surface area contributed by atoms with E-state index in [1.807, 2.05) is 0 Å². The van der Waals surface area contributed by atoms with Crippen molar-refractivity contribution in [2.75, 3.05) is 12.3 Å². The second kappa shape index (κ2) is 5.11. The van der Waals surface area contributed by atoms with E-state index in [0.29, 0.717) is 29.0 Å². The van der Waals surface area contributed by atoms with Crippen molar-refractivity contribution < 1.29 is 4.74 Å². The lowest BCUT2D eigenvalue weighted by Crippen LogP contribution is -2.07. The third kappa shape index (κ3) is 3.11. The van der Waals surface area contributed by atoms with Gasteiger partial charge in [0.15, 0.2) is 0 Å². The fraction of sp³-hybridized carbons (Fsp3) is 0.455. The number of ether oxygens (including phenoxy) is 1. The van der Waals surface area contributed by atoms with Crippen molar-refractivity contribution in [3.63, 3.8) is 0 Å². The molecule has 0 heterocycles. The first-order chi connectivity index (χ1) is 6.63. The molecule has 1 rings (SSSR count). The highest BCUT2D eigenvalue weighted by Gasteiger charge is 2.04. The second-order valence-corrected chi connectivity index (χ2v) is 3.92. The number of hydrogen-bond acceptors (Lipinski definition) is 2. The number of rotatable bonds is 4. The standard InChI is InChI=1S/C11H16ClNO/c1-3-8(2)7-14-11-6-9(13)4-5-10(11)12/h4-6,8H,3,7,13H2,1-2H3. The van der Waals surface area contributed by atoms with Gasteiger partial charge >= 0.3 is 0 Å². The summed E-state index contributed by atoms with van der Waals surface area (Å²) < 4.78 is 5.56. The summed E-state index contributed by atoms with van der Waals surface area (Å²) in [6.07, 6.45) is 1.10. The lowest BCUT2D eigenvalue weighted by atomic mass is 10.1. The zero-order valence-corrected chi connectivity index (χ0v) is 9.34.